The van der Waals surface area contributed by atoms with E-state index in [2.05, 4.69) is 104 Å². The van der Waals surface area contributed by atoms with Crippen LogP contribution in [0.25, 0.3) is 0 Å². The largest absolute Gasteiger partial charge is 0.296 e. The Kier molecular flexibility index (Phi) is 10.1. The fraction of sp³-hybridized carbons (Fsp3) is 0.200. The van der Waals surface area contributed by atoms with Gasteiger partial charge in [0, 0.05) is 12.3 Å². The Balaban J connectivity index is 1.59. The average Bonchev–Trinajstić information content (AvgIpc) is 2.90. The predicted octanol–water partition coefficient (Wildman–Crippen LogP) is 5.79. The number of hydrogen-bond donors (Lipinski definition) is 0. The third-order valence-corrected chi connectivity index (χ3v) is 16.8. The van der Waals surface area contributed by atoms with Gasteiger partial charge in [0.05, 0.1) is 25.2 Å². The van der Waals surface area contributed by atoms with Gasteiger partial charge in [-0.3, -0.25) is 0 Å². The van der Waals surface area contributed by atoms with E-state index in [1.165, 1.54) is 27.5 Å². The summed E-state index contributed by atoms with van der Waals surface area (Å²) in [6.45, 7) is 2.08. The maximum Gasteiger partial charge on any atom is 0.296 e. The highest BCUT2D eigenvalue weighted by molar-refractivity contribution is 7.93. The minimum absolute atomic E-state index is 0.612. The van der Waals surface area contributed by atoms with Gasteiger partial charge in [-0.15, -0.1) is 3.97 Å². The molecule has 0 aliphatic carbocycles. The van der Waals surface area contributed by atoms with Gasteiger partial charge in [-0.25, -0.2) is 0 Å². The lowest BCUT2D eigenvalue weighted by atomic mass is 10.4. The maximum absolute atomic E-state index is 12.4. The van der Waals surface area contributed by atoms with Gasteiger partial charge in [0.25, 0.3) is 10.1 Å². The summed E-state index contributed by atoms with van der Waals surface area (Å²) >= 11 is 0. The van der Waals surface area contributed by atoms with E-state index in [-0.39, 0.29) is 0 Å². The van der Waals surface area contributed by atoms with Crippen molar-refractivity contribution in [1.82, 2.24) is 0 Å². The Morgan fingerprint density at radius 1 is 0.568 bits per heavy atom. The normalized spacial score (nSPS) is 12.2. The molecule has 192 valence electrons. The Labute approximate surface area is 225 Å². The van der Waals surface area contributed by atoms with E-state index in [0.29, 0.717) is 0 Å². The van der Waals surface area contributed by atoms with Crippen molar-refractivity contribution in [3.63, 3.8) is 0 Å². The molecule has 0 aliphatic rings. The molecular formula is C30H34O3P3S+. The second-order valence-corrected chi connectivity index (χ2v) is 19.3. The molecule has 0 spiro atoms. The molecule has 0 aliphatic heterocycles. The van der Waals surface area contributed by atoms with Crippen molar-refractivity contribution in [2.75, 3.05) is 37.6 Å². The van der Waals surface area contributed by atoms with Gasteiger partial charge in [-0.2, -0.15) is 8.42 Å². The van der Waals surface area contributed by atoms with Gasteiger partial charge in [-0.1, -0.05) is 121 Å². The first-order valence-electron chi connectivity index (χ1n) is 12.3. The van der Waals surface area contributed by atoms with Crippen LogP contribution < -0.4 is 21.2 Å². The van der Waals surface area contributed by atoms with Crippen LogP contribution in [-0.4, -0.2) is 46.0 Å². The van der Waals surface area contributed by atoms with Crippen molar-refractivity contribution in [3.05, 3.63) is 121 Å². The molecule has 0 heterocycles. The van der Waals surface area contributed by atoms with Crippen molar-refractivity contribution in [3.8, 4) is 0 Å². The molecule has 0 atom stereocenters. The first-order chi connectivity index (χ1) is 17.8. The Bertz CT molecular complexity index is 1170. The van der Waals surface area contributed by atoms with Gasteiger partial charge in [0.15, 0.2) is 7.49 Å². The highest BCUT2D eigenvalue weighted by atomic mass is 32.2. The summed E-state index contributed by atoms with van der Waals surface area (Å²) in [4.78, 5) is 0. The molecule has 4 aromatic carbocycles. The van der Waals surface area contributed by atoms with Crippen LogP contribution >= 0.6 is 23.3 Å². The minimum atomic E-state index is -3.57. The van der Waals surface area contributed by atoms with E-state index >= 15 is 0 Å². The van der Waals surface area contributed by atoms with Crippen molar-refractivity contribution in [2.24, 2.45) is 0 Å². The summed E-state index contributed by atoms with van der Waals surface area (Å²) in [5.74, 6) is 0. The summed E-state index contributed by atoms with van der Waals surface area (Å²) < 4.78 is 30.8. The first kappa shape index (κ1) is 28.1. The first-order valence-corrected chi connectivity index (χ1v) is 19.7. The molecule has 3 nitrogen and oxygen atoms in total. The van der Waals surface area contributed by atoms with Crippen molar-refractivity contribution < 1.29 is 12.4 Å². The minimum Gasteiger partial charge on any atom is -0.197 e. The number of hydrogen-bond acceptors (Lipinski definition) is 3. The van der Waals surface area contributed by atoms with Crippen LogP contribution in [-0.2, 0) is 14.1 Å². The molecule has 0 aromatic heterocycles. The molecule has 7 heteroatoms. The summed E-state index contributed by atoms with van der Waals surface area (Å²) in [5, 5.41) is 5.24. The summed E-state index contributed by atoms with van der Waals surface area (Å²) in [6, 6.07) is 42.4. The Morgan fingerprint density at radius 2 is 0.838 bits per heavy atom. The van der Waals surface area contributed by atoms with Crippen LogP contribution in [0.1, 0.15) is 0 Å². The van der Waals surface area contributed by atoms with Crippen LogP contribution in [0.5, 0.6) is 0 Å². The quantitative estimate of drug-likeness (QED) is 0.204. The summed E-state index contributed by atoms with van der Waals surface area (Å²) in [7, 11) is -7.03. The lowest BCUT2D eigenvalue weighted by molar-refractivity contribution is 0.510. The summed E-state index contributed by atoms with van der Waals surface area (Å²) in [6.07, 6.45) is 4.53. The molecule has 4 rings (SSSR count). The monoisotopic (exact) mass is 567 g/mol. The van der Waals surface area contributed by atoms with E-state index in [9.17, 15) is 8.42 Å². The lowest BCUT2D eigenvalue weighted by Gasteiger charge is -2.26. The zero-order valence-electron chi connectivity index (χ0n) is 21.4. The zero-order chi connectivity index (χ0) is 26.1. The van der Waals surface area contributed by atoms with Gasteiger partial charge < -0.3 is 0 Å². The topological polar surface area (TPSA) is 43.4 Å². The molecule has 0 amide bonds. The zero-order valence-corrected chi connectivity index (χ0v) is 24.8. The van der Waals surface area contributed by atoms with Crippen LogP contribution in [0.4, 0.5) is 0 Å². The molecule has 0 saturated heterocycles. The molecule has 0 radical (unpaired) electrons. The number of rotatable bonds is 12. The smallest absolute Gasteiger partial charge is 0.197 e. The van der Waals surface area contributed by atoms with Crippen LogP contribution in [0.3, 0.4) is 0 Å². The highest BCUT2D eigenvalue weighted by Gasteiger charge is 2.40. The van der Waals surface area contributed by atoms with Gasteiger partial charge in [-0.05, 0) is 37.1 Å². The van der Waals surface area contributed by atoms with Gasteiger partial charge >= 0.3 is 0 Å². The van der Waals surface area contributed by atoms with E-state index in [1.807, 2.05) is 24.3 Å². The van der Waals surface area contributed by atoms with Crippen molar-refractivity contribution in [1.29, 1.82) is 0 Å². The number of benzene rings is 4. The molecule has 4 aromatic rings. The average molecular weight is 568 g/mol. The molecule has 37 heavy (non-hydrogen) atoms. The van der Waals surface area contributed by atoms with E-state index < -0.39 is 33.5 Å². The fourth-order valence-corrected chi connectivity index (χ4v) is 16.6. The standard InChI is InChI=1S/C30H34O3P3S/c1-36(33-37(2,31)32,25-23-34(27-15-7-3-8-16-27)28-17-9-4-10-18-28)26-24-35(29-19-11-5-12-20-29)30-21-13-6-14-22-30/h3-22H,23-26H2,1-2H3/q+1. The Morgan fingerprint density at radius 3 is 1.08 bits per heavy atom. The molecule has 0 unspecified atom stereocenters. The SMILES string of the molecule is C[P+](CCP(c1ccccc1)c1ccccc1)(CCP(c1ccccc1)c1ccccc1)OS(C)(=O)=O. The maximum atomic E-state index is 12.4. The third-order valence-electron chi connectivity index (χ3n) is 6.18. The van der Waals surface area contributed by atoms with Crippen molar-refractivity contribution in [2.45, 2.75) is 0 Å². The third kappa shape index (κ3) is 8.54. The highest BCUT2D eigenvalue weighted by Crippen LogP contribution is 2.60. The van der Waals surface area contributed by atoms with Crippen LogP contribution in [0.2, 0.25) is 0 Å². The van der Waals surface area contributed by atoms with Crippen molar-refractivity contribution >= 4 is 54.7 Å². The molecule has 0 saturated carbocycles. The van der Waals surface area contributed by atoms with Crippen LogP contribution in [0.15, 0.2) is 121 Å². The molecule has 0 N–H and O–H groups in total. The lowest BCUT2D eigenvalue weighted by Crippen LogP contribution is -2.22. The van der Waals surface area contributed by atoms with E-state index in [1.54, 1.807) is 0 Å². The Hall–Kier alpha value is -1.92. The van der Waals surface area contributed by atoms with Gasteiger partial charge in [0.1, 0.15) is 0 Å². The van der Waals surface area contributed by atoms with E-state index in [4.69, 9.17) is 3.97 Å². The predicted molar refractivity (Wildman–Crippen MR) is 166 cm³/mol. The fourth-order valence-electron chi connectivity index (χ4n) is 4.38. The second kappa shape index (κ2) is 13.2. The second-order valence-electron chi connectivity index (χ2n) is 9.17. The molecular weight excluding hydrogens is 533 g/mol. The van der Waals surface area contributed by atoms with Crippen LogP contribution in [0, 0.1) is 0 Å². The van der Waals surface area contributed by atoms with Gasteiger partial charge in [0.2, 0.25) is 0 Å². The molecule has 0 bridgehead atoms. The summed E-state index contributed by atoms with van der Waals surface area (Å²) in [5.41, 5.74) is 0. The molecule has 0 fully saturated rings. The van der Waals surface area contributed by atoms with E-state index in [0.717, 1.165) is 24.6 Å².